The van der Waals surface area contributed by atoms with Crippen molar-refractivity contribution in [3.05, 3.63) is 0 Å². The van der Waals surface area contributed by atoms with Gasteiger partial charge in [0, 0.05) is 26.2 Å². The van der Waals surface area contributed by atoms with E-state index in [1.54, 1.807) is 4.31 Å². The van der Waals surface area contributed by atoms with Crippen LogP contribution in [-0.2, 0) is 10.0 Å². The van der Waals surface area contributed by atoms with Gasteiger partial charge in [0.15, 0.2) is 0 Å². The summed E-state index contributed by atoms with van der Waals surface area (Å²) < 4.78 is 27.6. The molecule has 2 aliphatic rings. The first-order chi connectivity index (χ1) is 6.99. The molecule has 0 amide bonds. The lowest BCUT2D eigenvalue weighted by Gasteiger charge is -2.33. The van der Waals surface area contributed by atoms with Crippen LogP contribution in [0.5, 0.6) is 0 Å². The highest BCUT2D eigenvalue weighted by molar-refractivity contribution is 8.67. The number of hydrogen-bond donors (Lipinski definition) is 1. The van der Waals surface area contributed by atoms with Crippen LogP contribution >= 0.6 is 22.6 Å². The smallest absolute Gasteiger partial charge is 0.219 e. The molecule has 0 bridgehead atoms. The minimum atomic E-state index is -3.05. The largest absolute Gasteiger partial charge is 0.239 e. The molecule has 0 N–H and O–H groups in total. The summed E-state index contributed by atoms with van der Waals surface area (Å²) in [6.45, 7) is 4.59. The molecular formula is C8H16N2O2S3. The summed E-state index contributed by atoms with van der Waals surface area (Å²) in [6.07, 6.45) is 1.63. The van der Waals surface area contributed by atoms with Gasteiger partial charge in [0.1, 0.15) is 0 Å². The van der Waals surface area contributed by atoms with Gasteiger partial charge in [-0.1, -0.05) is 11.7 Å². The molecule has 1 heterocycles. The van der Waals surface area contributed by atoms with Gasteiger partial charge in [0.2, 0.25) is 10.0 Å². The number of rotatable bonds is 3. The van der Waals surface area contributed by atoms with Crippen molar-refractivity contribution in [3.8, 4) is 0 Å². The van der Waals surface area contributed by atoms with Crippen LogP contribution in [0.15, 0.2) is 0 Å². The van der Waals surface area contributed by atoms with Gasteiger partial charge in [0.25, 0.3) is 0 Å². The molecule has 15 heavy (non-hydrogen) atoms. The Labute approximate surface area is 100 Å². The third kappa shape index (κ3) is 2.17. The van der Waals surface area contributed by atoms with Gasteiger partial charge in [-0.2, -0.15) is 4.31 Å². The van der Waals surface area contributed by atoms with E-state index in [1.807, 2.05) is 6.92 Å². The van der Waals surface area contributed by atoms with E-state index in [1.165, 1.54) is 11.0 Å². The molecule has 0 spiro atoms. The maximum atomic E-state index is 12.1. The summed E-state index contributed by atoms with van der Waals surface area (Å²) in [4.78, 5) is 0. The number of thiol groups is 1. The van der Waals surface area contributed by atoms with Gasteiger partial charge < -0.3 is 0 Å². The minimum Gasteiger partial charge on any atom is -0.239 e. The third-order valence-electron chi connectivity index (χ3n) is 3.23. The normalized spacial score (nSPS) is 27.9. The minimum absolute atomic E-state index is 0.455. The quantitative estimate of drug-likeness (QED) is 0.471. The highest BCUT2D eigenvalue weighted by Crippen LogP contribution is 2.44. The van der Waals surface area contributed by atoms with Crippen molar-refractivity contribution in [2.75, 3.05) is 26.2 Å². The lowest BCUT2D eigenvalue weighted by atomic mass is 10.4. The summed E-state index contributed by atoms with van der Waals surface area (Å²) in [5.74, 6) is 0. The van der Waals surface area contributed by atoms with Crippen LogP contribution in [0, 0.1) is 0 Å². The first-order valence-electron chi connectivity index (χ1n) is 5.06. The second kappa shape index (κ2) is 4.10. The Morgan fingerprint density at radius 3 is 2.13 bits per heavy atom. The van der Waals surface area contributed by atoms with E-state index in [0.29, 0.717) is 13.1 Å². The van der Waals surface area contributed by atoms with E-state index in [9.17, 15) is 8.42 Å². The van der Waals surface area contributed by atoms with Crippen molar-refractivity contribution in [2.45, 2.75) is 24.5 Å². The first kappa shape index (κ1) is 12.0. The van der Waals surface area contributed by atoms with Crippen LogP contribution in [0.1, 0.15) is 19.8 Å². The molecule has 0 aromatic carbocycles. The predicted molar refractivity (Wildman–Crippen MR) is 66.3 cm³/mol. The average molecular weight is 268 g/mol. The van der Waals surface area contributed by atoms with Crippen molar-refractivity contribution < 1.29 is 8.42 Å². The van der Waals surface area contributed by atoms with Crippen molar-refractivity contribution >= 4 is 32.7 Å². The van der Waals surface area contributed by atoms with E-state index in [0.717, 1.165) is 25.9 Å². The predicted octanol–water partition coefficient (Wildman–Crippen LogP) is 0.979. The van der Waals surface area contributed by atoms with E-state index in [4.69, 9.17) is 0 Å². The summed E-state index contributed by atoms with van der Waals surface area (Å²) in [6, 6.07) is 0. The molecule has 1 saturated heterocycles. The first-order valence-corrected chi connectivity index (χ1v) is 8.32. The summed E-state index contributed by atoms with van der Waals surface area (Å²) in [7, 11) is -1.66. The van der Waals surface area contributed by atoms with Gasteiger partial charge in [-0.25, -0.2) is 12.7 Å². The fourth-order valence-corrected chi connectivity index (χ4v) is 4.44. The maximum absolute atomic E-state index is 12.1. The van der Waals surface area contributed by atoms with Crippen LogP contribution in [0.4, 0.5) is 0 Å². The molecule has 0 radical (unpaired) electrons. The molecule has 2 fully saturated rings. The van der Waals surface area contributed by atoms with Gasteiger partial charge in [-0.3, -0.25) is 0 Å². The number of nitrogens with zero attached hydrogens (tertiary/aromatic N) is 2. The topological polar surface area (TPSA) is 40.6 Å². The second-order valence-corrected chi connectivity index (χ2v) is 7.99. The van der Waals surface area contributed by atoms with Gasteiger partial charge >= 0.3 is 0 Å². The standard InChI is InChI=1S/C8H16N2O2S3/c1-8(2-3-8)15(11,12)10-6-4-9(14-13)5-7-10/h13H,2-7H2,1H3. The molecule has 1 aliphatic heterocycles. The molecule has 0 atom stereocenters. The SMILES string of the molecule is CC1(S(=O)(=O)N2CCN(SS)CC2)CC1. The van der Waals surface area contributed by atoms with E-state index in [-0.39, 0.29) is 0 Å². The third-order valence-corrected chi connectivity index (χ3v) is 7.22. The molecule has 88 valence electrons. The fraction of sp³-hybridized carbons (Fsp3) is 1.00. The van der Waals surface area contributed by atoms with Crippen LogP contribution in [0.2, 0.25) is 0 Å². The molecule has 4 nitrogen and oxygen atoms in total. The van der Waals surface area contributed by atoms with E-state index in [2.05, 4.69) is 16.0 Å². The van der Waals surface area contributed by atoms with Crippen molar-refractivity contribution in [1.29, 1.82) is 0 Å². The fourth-order valence-electron chi connectivity index (χ4n) is 1.74. The molecule has 0 aromatic rings. The maximum Gasteiger partial charge on any atom is 0.219 e. The molecule has 2 rings (SSSR count). The molecule has 0 aromatic heterocycles. The average Bonchev–Trinajstić information content (AvgIpc) is 2.98. The van der Waals surface area contributed by atoms with E-state index < -0.39 is 14.8 Å². The monoisotopic (exact) mass is 268 g/mol. The van der Waals surface area contributed by atoms with Gasteiger partial charge in [0.05, 0.1) is 4.75 Å². The van der Waals surface area contributed by atoms with Crippen LogP contribution in [0.25, 0.3) is 0 Å². The Kier molecular flexibility index (Phi) is 3.29. The molecule has 7 heteroatoms. The highest BCUT2D eigenvalue weighted by atomic mass is 33.1. The summed E-state index contributed by atoms with van der Waals surface area (Å²) in [5.41, 5.74) is 0. The second-order valence-electron chi connectivity index (χ2n) is 4.36. The zero-order valence-electron chi connectivity index (χ0n) is 8.72. The number of hydrogen-bond acceptors (Lipinski definition) is 5. The Balaban J connectivity index is 2.01. The molecule has 1 saturated carbocycles. The van der Waals surface area contributed by atoms with Crippen LogP contribution < -0.4 is 0 Å². The Hall–Kier alpha value is 0.570. The molecule has 0 unspecified atom stereocenters. The summed E-state index contributed by atoms with van der Waals surface area (Å²) in [5, 5.41) is 0. The van der Waals surface area contributed by atoms with Crippen LogP contribution in [-0.4, -0.2) is 48.0 Å². The van der Waals surface area contributed by atoms with Crippen LogP contribution in [0.3, 0.4) is 0 Å². The Morgan fingerprint density at radius 2 is 1.73 bits per heavy atom. The number of sulfonamides is 1. The Bertz CT molecular complexity index is 332. The summed E-state index contributed by atoms with van der Waals surface area (Å²) >= 11 is 4.11. The Morgan fingerprint density at radius 1 is 1.20 bits per heavy atom. The van der Waals surface area contributed by atoms with E-state index >= 15 is 0 Å². The zero-order chi connectivity index (χ0) is 11.1. The van der Waals surface area contributed by atoms with Crippen molar-refractivity contribution in [3.63, 3.8) is 0 Å². The molecular weight excluding hydrogens is 252 g/mol. The number of piperazine rings is 1. The molecule has 1 aliphatic carbocycles. The lowest BCUT2D eigenvalue weighted by Crippen LogP contribution is -2.49. The van der Waals surface area contributed by atoms with Gasteiger partial charge in [-0.15, -0.1) is 0 Å². The zero-order valence-corrected chi connectivity index (χ0v) is 11.2. The van der Waals surface area contributed by atoms with Crippen molar-refractivity contribution in [2.24, 2.45) is 0 Å². The van der Waals surface area contributed by atoms with Crippen molar-refractivity contribution in [1.82, 2.24) is 8.61 Å². The highest BCUT2D eigenvalue weighted by Gasteiger charge is 2.52. The lowest BCUT2D eigenvalue weighted by molar-refractivity contribution is 0.288. The van der Waals surface area contributed by atoms with Gasteiger partial charge in [-0.05, 0) is 30.7 Å².